The van der Waals surface area contributed by atoms with Crippen LogP contribution in [0.5, 0.6) is 0 Å². The largest absolute Gasteiger partial charge is 0.456 e. The van der Waals surface area contributed by atoms with E-state index < -0.39 is 0 Å². The third kappa shape index (κ3) is 5.96. The lowest BCUT2D eigenvalue weighted by Crippen LogP contribution is -2.10. The smallest absolute Gasteiger partial charge is 0.136 e. The van der Waals surface area contributed by atoms with E-state index in [1.807, 2.05) is 12.1 Å². The van der Waals surface area contributed by atoms with Crippen molar-refractivity contribution in [2.45, 2.75) is 0 Å². The summed E-state index contributed by atoms with van der Waals surface area (Å²) in [7, 11) is 0. The molecule has 0 aliphatic heterocycles. The quantitative estimate of drug-likeness (QED) is 0.150. The van der Waals surface area contributed by atoms with Gasteiger partial charge in [0.25, 0.3) is 0 Å². The highest BCUT2D eigenvalue weighted by Crippen LogP contribution is 2.46. The molecule has 0 saturated carbocycles. The van der Waals surface area contributed by atoms with Crippen molar-refractivity contribution < 1.29 is 4.42 Å². The Balaban J connectivity index is 1.03. The molecule has 0 radical (unpaired) electrons. The topological polar surface area (TPSA) is 16.4 Å². The Bertz CT molecular complexity index is 3610. The zero-order valence-electron chi connectivity index (χ0n) is 33.9. The molecular formula is C60H39NO. The molecule has 2 heteroatoms. The molecule has 12 aromatic rings. The monoisotopic (exact) mass is 789 g/mol. The van der Waals surface area contributed by atoms with Crippen LogP contribution in [-0.2, 0) is 0 Å². The lowest BCUT2D eigenvalue weighted by molar-refractivity contribution is 0.669. The van der Waals surface area contributed by atoms with Crippen molar-refractivity contribution in [2.24, 2.45) is 0 Å². The first-order valence-electron chi connectivity index (χ1n) is 21.3. The second-order valence-electron chi connectivity index (χ2n) is 16.0. The van der Waals surface area contributed by atoms with E-state index in [4.69, 9.17) is 4.42 Å². The van der Waals surface area contributed by atoms with Crippen molar-refractivity contribution in [1.29, 1.82) is 0 Å². The molecule has 0 atom stereocenters. The summed E-state index contributed by atoms with van der Waals surface area (Å²) in [5, 5.41) is 9.76. The van der Waals surface area contributed by atoms with E-state index in [0.717, 1.165) is 50.1 Å². The lowest BCUT2D eigenvalue weighted by Gasteiger charge is -2.27. The second kappa shape index (κ2) is 14.8. The van der Waals surface area contributed by atoms with Crippen LogP contribution in [0.3, 0.4) is 0 Å². The normalized spacial score (nSPS) is 11.5. The fraction of sp³-hybridized carbons (Fsp3) is 0. The van der Waals surface area contributed by atoms with Crippen molar-refractivity contribution in [3.63, 3.8) is 0 Å². The summed E-state index contributed by atoms with van der Waals surface area (Å²) in [6.07, 6.45) is 0. The SMILES string of the molecule is c1ccc(-c2c(-c3ccc(N(c4ccc(-c5cccc6ccccc56)cc4)c4cccc(-c5cccc6oc7ccccc7c56)c4)cc3)c3ccccc3c3ccccc23)cc1. The fourth-order valence-corrected chi connectivity index (χ4v) is 9.67. The van der Waals surface area contributed by atoms with Gasteiger partial charge in [0.1, 0.15) is 11.2 Å². The molecule has 290 valence electrons. The van der Waals surface area contributed by atoms with Gasteiger partial charge in [-0.3, -0.25) is 0 Å². The standard InChI is InChI=1S/C60H39NO/c1-2-16-42(17-3-1)58-53-24-8-6-22-51(53)52-23-7-9-25-54(52)59(58)43-33-37-46(38-34-43)61(45-35-31-41(32-36-45)49-27-13-18-40-15-4-5-21-48(40)49)47-20-12-19-44(39-47)50-28-14-30-57-60(50)55-26-10-11-29-56(55)62-57/h1-39H. The third-order valence-electron chi connectivity index (χ3n) is 12.5. The van der Waals surface area contributed by atoms with Gasteiger partial charge in [-0.2, -0.15) is 0 Å². The third-order valence-corrected chi connectivity index (χ3v) is 12.5. The summed E-state index contributed by atoms with van der Waals surface area (Å²) in [6.45, 7) is 0. The Morgan fingerprint density at radius 2 is 0.758 bits per heavy atom. The Hall–Kier alpha value is -8.20. The number of hydrogen-bond acceptors (Lipinski definition) is 2. The van der Waals surface area contributed by atoms with Crippen molar-refractivity contribution in [2.75, 3.05) is 4.90 Å². The predicted octanol–water partition coefficient (Wildman–Crippen LogP) is 17.2. The van der Waals surface area contributed by atoms with E-state index in [1.54, 1.807) is 0 Å². The first-order chi connectivity index (χ1) is 30.8. The molecule has 0 fully saturated rings. The number of hydrogen-bond donors (Lipinski definition) is 0. The molecule has 11 aromatic carbocycles. The number of anilines is 3. The highest BCUT2D eigenvalue weighted by atomic mass is 16.3. The van der Waals surface area contributed by atoms with Gasteiger partial charge in [0.15, 0.2) is 0 Å². The minimum absolute atomic E-state index is 0.890. The van der Waals surface area contributed by atoms with Gasteiger partial charge in [0.2, 0.25) is 0 Å². The van der Waals surface area contributed by atoms with E-state index >= 15 is 0 Å². The van der Waals surface area contributed by atoms with Crippen LogP contribution in [0.1, 0.15) is 0 Å². The first-order valence-corrected chi connectivity index (χ1v) is 21.3. The fourth-order valence-electron chi connectivity index (χ4n) is 9.67. The summed E-state index contributed by atoms with van der Waals surface area (Å²) in [5.74, 6) is 0. The van der Waals surface area contributed by atoms with Gasteiger partial charge in [0.05, 0.1) is 0 Å². The van der Waals surface area contributed by atoms with E-state index in [0.29, 0.717) is 0 Å². The van der Waals surface area contributed by atoms with E-state index in [9.17, 15) is 0 Å². The zero-order chi connectivity index (χ0) is 41.0. The summed E-state index contributed by atoms with van der Waals surface area (Å²) < 4.78 is 6.33. The summed E-state index contributed by atoms with van der Waals surface area (Å²) >= 11 is 0. The molecule has 62 heavy (non-hydrogen) atoms. The summed E-state index contributed by atoms with van der Waals surface area (Å²) in [5.41, 5.74) is 14.6. The van der Waals surface area contributed by atoms with Crippen LogP contribution in [0.4, 0.5) is 17.1 Å². The number of benzene rings is 11. The molecule has 1 aromatic heterocycles. The lowest BCUT2D eigenvalue weighted by atomic mass is 9.85. The number of nitrogens with zero attached hydrogens (tertiary/aromatic N) is 1. The predicted molar refractivity (Wildman–Crippen MR) is 263 cm³/mol. The highest BCUT2D eigenvalue weighted by Gasteiger charge is 2.20. The summed E-state index contributed by atoms with van der Waals surface area (Å²) in [6, 6.07) is 85.5. The van der Waals surface area contributed by atoms with Crippen molar-refractivity contribution in [3.05, 3.63) is 237 Å². The molecule has 0 bridgehead atoms. The van der Waals surface area contributed by atoms with Crippen molar-refractivity contribution in [3.8, 4) is 44.5 Å². The van der Waals surface area contributed by atoms with Gasteiger partial charge in [-0.05, 0) is 125 Å². The molecule has 0 N–H and O–H groups in total. The number of para-hydroxylation sites is 1. The average Bonchev–Trinajstić information content (AvgIpc) is 3.74. The molecule has 12 rings (SSSR count). The molecule has 0 unspecified atom stereocenters. The van der Waals surface area contributed by atoms with Crippen LogP contribution < -0.4 is 4.90 Å². The Labute approximate surface area is 360 Å². The van der Waals surface area contributed by atoms with Gasteiger partial charge in [0, 0.05) is 27.8 Å². The first kappa shape index (κ1) is 35.7. The molecule has 2 nitrogen and oxygen atoms in total. The highest BCUT2D eigenvalue weighted by molar-refractivity contribution is 6.21. The molecule has 0 spiro atoms. The summed E-state index contributed by atoms with van der Waals surface area (Å²) in [4.78, 5) is 2.38. The molecular weight excluding hydrogens is 751 g/mol. The van der Waals surface area contributed by atoms with Gasteiger partial charge in [-0.25, -0.2) is 0 Å². The van der Waals surface area contributed by atoms with Gasteiger partial charge >= 0.3 is 0 Å². The van der Waals surface area contributed by atoms with Crippen molar-refractivity contribution >= 4 is 71.3 Å². The molecule has 0 amide bonds. The van der Waals surface area contributed by atoms with Gasteiger partial charge in [-0.15, -0.1) is 0 Å². The van der Waals surface area contributed by atoms with Gasteiger partial charge < -0.3 is 9.32 Å². The maximum absolute atomic E-state index is 6.33. The number of rotatable bonds is 7. The van der Waals surface area contributed by atoms with Crippen LogP contribution >= 0.6 is 0 Å². The zero-order valence-corrected chi connectivity index (χ0v) is 33.9. The molecule has 0 saturated heterocycles. The Morgan fingerprint density at radius 3 is 1.47 bits per heavy atom. The maximum Gasteiger partial charge on any atom is 0.136 e. The minimum Gasteiger partial charge on any atom is -0.456 e. The number of fused-ring (bicyclic) bond motifs is 7. The van der Waals surface area contributed by atoms with Crippen LogP contribution in [0.25, 0.3) is 98.8 Å². The van der Waals surface area contributed by atoms with Crippen LogP contribution in [0.2, 0.25) is 0 Å². The molecule has 1 heterocycles. The van der Waals surface area contributed by atoms with Crippen LogP contribution in [0, 0.1) is 0 Å². The van der Waals surface area contributed by atoms with E-state index in [1.165, 1.54) is 65.7 Å². The van der Waals surface area contributed by atoms with Crippen LogP contribution in [0.15, 0.2) is 241 Å². The average molecular weight is 790 g/mol. The van der Waals surface area contributed by atoms with Crippen LogP contribution in [-0.4, -0.2) is 0 Å². The Kier molecular flexibility index (Phi) is 8.53. The van der Waals surface area contributed by atoms with Crippen molar-refractivity contribution in [1.82, 2.24) is 0 Å². The molecule has 0 aliphatic carbocycles. The van der Waals surface area contributed by atoms with E-state index in [-0.39, 0.29) is 0 Å². The molecule has 0 aliphatic rings. The Morgan fingerprint density at radius 1 is 0.274 bits per heavy atom. The van der Waals surface area contributed by atoms with E-state index in [2.05, 4.69) is 229 Å². The van der Waals surface area contributed by atoms with Gasteiger partial charge in [-0.1, -0.05) is 188 Å². The second-order valence-corrected chi connectivity index (χ2v) is 16.0. The number of furan rings is 1. The minimum atomic E-state index is 0.890. The maximum atomic E-state index is 6.33.